The Labute approximate surface area is 124 Å². The summed E-state index contributed by atoms with van der Waals surface area (Å²) in [7, 11) is 0. The van der Waals surface area contributed by atoms with Gasteiger partial charge in [0.25, 0.3) is 5.91 Å². The molecule has 0 saturated heterocycles. The number of hydrogen-bond acceptors (Lipinski definition) is 3. The highest BCUT2D eigenvalue weighted by Crippen LogP contribution is 2.27. The molecule has 0 aliphatic carbocycles. The van der Waals surface area contributed by atoms with Crippen molar-refractivity contribution in [2.45, 2.75) is 6.23 Å². The van der Waals surface area contributed by atoms with Gasteiger partial charge in [-0.3, -0.25) is 4.79 Å². The summed E-state index contributed by atoms with van der Waals surface area (Å²) < 4.78 is 14.0. The van der Waals surface area contributed by atoms with E-state index < -0.39 is 18.0 Å². The van der Waals surface area contributed by atoms with Gasteiger partial charge >= 0.3 is 0 Å². The summed E-state index contributed by atoms with van der Waals surface area (Å²) in [5.41, 5.74) is 1.24. The van der Waals surface area contributed by atoms with Gasteiger partial charge in [-0.2, -0.15) is 0 Å². The van der Waals surface area contributed by atoms with Crippen LogP contribution in [0, 0.1) is 5.82 Å². The molecule has 2 N–H and O–H groups in total. The average Bonchev–Trinajstić information content (AvgIpc) is 2.58. The predicted octanol–water partition coefficient (Wildman–Crippen LogP) is 2.59. The number of amides is 1. The Bertz CT molecular complexity index is 761. The molecule has 0 aromatic heterocycles. The molecule has 0 bridgehead atoms. The number of carbonyl (C=O) groups is 1. The van der Waals surface area contributed by atoms with Crippen molar-refractivity contribution < 1.29 is 14.3 Å². The number of aliphatic hydroxyl groups is 1. The summed E-state index contributed by atoms with van der Waals surface area (Å²) in [6, 6.07) is 10.8. The lowest BCUT2D eigenvalue weighted by Crippen LogP contribution is -2.24. The highest BCUT2D eigenvalue weighted by atomic mass is 35.5. The minimum Gasteiger partial charge on any atom is -0.364 e. The molecule has 0 unspecified atom stereocenters. The van der Waals surface area contributed by atoms with Crippen molar-refractivity contribution in [2.24, 2.45) is 4.99 Å². The van der Waals surface area contributed by atoms with E-state index in [4.69, 9.17) is 11.6 Å². The van der Waals surface area contributed by atoms with Gasteiger partial charge in [-0.05, 0) is 30.3 Å². The number of fused-ring (bicyclic) bond motifs is 1. The first kappa shape index (κ1) is 13.7. The standard InChI is InChI=1S/C15H10ClFN2O2/c16-8-5-6-12-10(7-8)13(19-15(21)14(20)18-12)9-3-1-2-4-11(9)17/h1-7,15,21H,(H,18,20)/t15-/m0/s1. The Hall–Kier alpha value is -2.24. The number of benzene rings is 2. The largest absolute Gasteiger partial charge is 0.364 e. The maximum atomic E-state index is 14.0. The SMILES string of the molecule is O=C1Nc2ccc(Cl)cc2C(c2ccccc2F)=N[C@H]1O. The van der Waals surface area contributed by atoms with Crippen molar-refractivity contribution in [1.82, 2.24) is 0 Å². The van der Waals surface area contributed by atoms with E-state index in [0.29, 0.717) is 16.3 Å². The number of benzodiazepines with no additional fused rings is 1. The molecule has 1 aliphatic heterocycles. The second-order valence-corrected chi connectivity index (χ2v) is 4.95. The van der Waals surface area contributed by atoms with E-state index in [1.54, 1.807) is 30.3 Å². The van der Waals surface area contributed by atoms with Crippen LogP contribution in [-0.2, 0) is 4.79 Å². The molecule has 4 nitrogen and oxygen atoms in total. The van der Waals surface area contributed by atoms with E-state index >= 15 is 0 Å². The van der Waals surface area contributed by atoms with Crippen molar-refractivity contribution in [3.63, 3.8) is 0 Å². The molecule has 6 heteroatoms. The summed E-state index contributed by atoms with van der Waals surface area (Å²) >= 11 is 5.97. The summed E-state index contributed by atoms with van der Waals surface area (Å²) in [5.74, 6) is -1.17. The summed E-state index contributed by atoms with van der Waals surface area (Å²) in [4.78, 5) is 15.7. The van der Waals surface area contributed by atoms with Crippen LogP contribution in [0.1, 0.15) is 11.1 Å². The zero-order valence-electron chi connectivity index (χ0n) is 10.7. The number of aliphatic hydroxyl groups excluding tert-OH is 1. The lowest BCUT2D eigenvalue weighted by Gasteiger charge is -2.10. The van der Waals surface area contributed by atoms with Crippen LogP contribution in [0.4, 0.5) is 10.1 Å². The fourth-order valence-electron chi connectivity index (χ4n) is 2.14. The fourth-order valence-corrected chi connectivity index (χ4v) is 2.31. The van der Waals surface area contributed by atoms with E-state index in [1.807, 2.05) is 0 Å². The van der Waals surface area contributed by atoms with Gasteiger partial charge in [0.2, 0.25) is 6.23 Å². The highest BCUT2D eigenvalue weighted by Gasteiger charge is 2.25. The van der Waals surface area contributed by atoms with E-state index in [-0.39, 0.29) is 11.3 Å². The molecule has 3 rings (SSSR count). The number of anilines is 1. The molecule has 2 aromatic rings. The van der Waals surface area contributed by atoms with Crippen LogP contribution in [-0.4, -0.2) is 23.0 Å². The molecule has 2 aromatic carbocycles. The van der Waals surface area contributed by atoms with E-state index in [9.17, 15) is 14.3 Å². The Morgan fingerprint density at radius 3 is 2.71 bits per heavy atom. The second-order valence-electron chi connectivity index (χ2n) is 4.51. The summed E-state index contributed by atoms with van der Waals surface area (Å²) in [6.07, 6.45) is -1.61. The van der Waals surface area contributed by atoms with Gasteiger partial charge < -0.3 is 10.4 Å². The lowest BCUT2D eigenvalue weighted by atomic mass is 10.00. The lowest BCUT2D eigenvalue weighted by molar-refractivity contribution is -0.123. The maximum absolute atomic E-state index is 14.0. The number of nitrogens with one attached hydrogen (secondary N) is 1. The van der Waals surface area contributed by atoms with Crippen LogP contribution in [0.3, 0.4) is 0 Å². The van der Waals surface area contributed by atoms with Gasteiger partial charge in [-0.1, -0.05) is 23.7 Å². The van der Waals surface area contributed by atoms with Crippen LogP contribution < -0.4 is 5.32 Å². The minimum atomic E-state index is -1.61. The molecular formula is C15H10ClFN2O2. The molecule has 1 heterocycles. The van der Waals surface area contributed by atoms with Crippen molar-refractivity contribution in [2.75, 3.05) is 5.32 Å². The van der Waals surface area contributed by atoms with Crippen LogP contribution in [0.5, 0.6) is 0 Å². The van der Waals surface area contributed by atoms with E-state index in [0.717, 1.165) is 0 Å². The Kier molecular flexibility index (Phi) is 3.45. The van der Waals surface area contributed by atoms with Gasteiger partial charge in [0.1, 0.15) is 5.82 Å². The summed E-state index contributed by atoms with van der Waals surface area (Å²) in [6.45, 7) is 0. The first-order chi connectivity index (χ1) is 10.1. The zero-order valence-corrected chi connectivity index (χ0v) is 11.4. The van der Waals surface area contributed by atoms with Crippen molar-refractivity contribution in [3.8, 4) is 0 Å². The molecule has 0 spiro atoms. The topological polar surface area (TPSA) is 61.7 Å². The molecule has 21 heavy (non-hydrogen) atoms. The highest BCUT2D eigenvalue weighted by molar-refractivity contribution is 6.32. The third-order valence-electron chi connectivity index (χ3n) is 3.11. The van der Waals surface area contributed by atoms with E-state index in [2.05, 4.69) is 10.3 Å². The third-order valence-corrected chi connectivity index (χ3v) is 3.34. The predicted molar refractivity (Wildman–Crippen MR) is 78.1 cm³/mol. The number of nitrogens with zero attached hydrogens (tertiary/aromatic N) is 1. The number of aliphatic imine (C=N–C) groups is 1. The normalized spacial score (nSPS) is 17.6. The number of rotatable bonds is 1. The maximum Gasteiger partial charge on any atom is 0.276 e. The Morgan fingerprint density at radius 2 is 1.95 bits per heavy atom. The molecule has 0 saturated carbocycles. The van der Waals surface area contributed by atoms with Gasteiger partial charge in [0.15, 0.2) is 0 Å². The van der Waals surface area contributed by atoms with Gasteiger partial charge in [-0.15, -0.1) is 0 Å². The van der Waals surface area contributed by atoms with E-state index in [1.165, 1.54) is 12.1 Å². The molecule has 0 radical (unpaired) electrons. The first-order valence-electron chi connectivity index (χ1n) is 6.18. The Balaban J connectivity index is 2.27. The molecule has 1 atom stereocenters. The van der Waals surface area contributed by atoms with Crippen molar-refractivity contribution >= 4 is 28.9 Å². The van der Waals surface area contributed by atoms with Crippen LogP contribution in [0.25, 0.3) is 0 Å². The number of carbonyl (C=O) groups excluding carboxylic acids is 1. The first-order valence-corrected chi connectivity index (χ1v) is 6.55. The quantitative estimate of drug-likeness (QED) is 0.850. The molecular weight excluding hydrogens is 295 g/mol. The van der Waals surface area contributed by atoms with Crippen LogP contribution >= 0.6 is 11.6 Å². The molecule has 0 fully saturated rings. The smallest absolute Gasteiger partial charge is 0.276 e. The van der Waals surface area contributed by atoms with Crippen LogP contribution in [0.15, 0.2) is 47.5 Å². The van der Waals surface area contributed by atoms with Crippen LogP contribution in [0.2, 0.25) is 5.02 Å². The second kappa shape index (κ2) is 5.27. The zero-order chi connectivity index (χ0) is 15.0. The molecule has 106 valence electrons. The fraction of sp³-hybridized carbons (Fsp3) is 0.0667. The summed E-state index contributed by atoms with van der Waals surface area (Å²) in [5, 5.41) is 12.7. The monoisotopic (exact) mass is 304 g/mol. The van der Waals surface area contributed by atoms with Gasteiger partial charge in [0, 0.05) is 16.1 Å². The van der Waals surface area contributed by atoms with Gasteiger partial charge in [-0.25, -0.2) is 9.38 Å². The third kappa shape index (κ3) is 2.53. The molecule has 1 aliphatic rings. The number of halogens is 2. The molecule has 1 amide bonds. The van der Waals surface area contributed by atoms with Gasteiger partial charge in [0.05, 0.1) is 11.4 Å². The average molecular weight is 305 g/mol. The number of hydrogen-bond donors (Lipinski definition) is 2. The van der Waals surface area contributed by atoms with Crippen molar-refractivity contribution in [3.05, 3.63) is 64.4 Å². The van der Waals surface area contributed by atoms with Crippen molar-refractivity contribution in [1.29, 1.82) is 0 Å². The minimum absolute atomic E-state index is 0.177. The Morgan fingerprint density at radius 1 is 1.19 bits per heavy atom.